The Morgan fingerprint density at radius 1 is 1.40 bits per heavy atom. The van der Waals surface area contributed by atoms with Crippen molar-refractivity contribution in [1.82, 2.24) is 5.32 Å². The van der Waals surface area contributed by atoms with Gasteiger partial charge in [0.25, 0.3) is 0 Å². The zero-order valence-electron chi connectivity index (χ0n) is 11.6. The molecule has 3 rings (SSSR count). The highest BCUT2D eigenvalue weighted by Gasteiger charge is 2.18. The van der Waals surface area contributed by atoms with Gasteiger partial charge in [0.1, 0.15) is 16.9 Å². The molecule has 0 bridgehead atoms. The maximum atomic E-state index is 11.3. The lowest BCUT2D eigenvalue weighted by Crippen LogP contribution is -2.25. The van der Waals surface area contributed by atoms with Crippen LogP contribution in [0.2, 0.25) is 0 Å². The third-order valence-electron chi connectivity index (χ3n) is 4.09. The van der Waals surface area contributed by atoms with Crippen LogP contribution in [0.25, 0.3) is 11.0 Å². The molecule has 0 unspecified atom stereocenters. The second kappa shape index (κ2) is 5.29. The van der Waals surface area contributed by atoms with Crippen LogP contribution in [-0.4, -0.2) is 17.1 Å². The summed E-state index contributed by atoms with van der Waals surface area (Å²) in [5.41, 5.74) is 2.03. The van der Waals surface area contributed by atoms with Crippen molar-refractivity contribution in [3.63, 3.8) is 0 Å². The van der Waals surface area contributed by atoms with Gasteiger partial charge < -0.3 is 14.8 Å². The zero-order chi connectivity index (χ0) is 14.1. The first-order chi connectivity index (χ1) is 9.65. The SMILES string of the molecule is Cc1oc2ccc(CNC3CCCC3)cc2c1C(=O)O. The molecule has 0 amide bonds. The minimum Gasteiger partial charge on any atom is -0.478 e. The number of carboxylic acid groups (broad SMARTS) is 1. The van der Waals surface area contributed by atoms with Crippen LogP contribution in [0.4, 0.5) is 0 Å². The van der Waals surface area contributed by atoms with Gasteiger partial charge in [-0.25, -0.2) is 4.79 Å². The summed E-state index contributed by atoms with van der Waals surface area (Å²) >= 11 is 0. The standard InChI is InChI=1S/C16H19NO3/c1-10-15(16(18)19)13-8-11(6-7-14(13)20-10)9-17-12-4-2-3-5-12/h6-8,12,17H,2-5,9H2,1H3,(H,18,19). The molecule has 1 aliphatic carbocycles. The summed E-state index contributed by atoms with van der Waals surface area (Å²) in [5.74, 6) is -0.462. The molecule has 4 nitrogen and oxygen atoms in total. The molecule has 1 heterocycles. The number of aryl methyl sites for hydroxylation is 1. The summed E-state index contributed by atoms with van der Waals surface area (Å²) in [7, 11) is 0. The predicted molar refractivity (Wildman–Crippen MR) is 77.0 cm³/mol. The summed E-state index contributed by atoms with van der Waals surface area (Å²) in [4.78, 5) is 11.3. The second-order valence-corrected chi connectivity index (χ2v) is 5.53. The summed E-state index contributed by atoms with van der Waals surface area (Å²) in [6.07, 6.45) is 5.10. The molecule has 2 aromatic rings. The molecule has 1 aromatic carbocycles. The maximum Gasteiger partial charge on any atom is 0.339 e. The van der Waals surface area contributed by atoms with E-state index in [-0.39, 0.29) is 5.56 Å². The molecule has 20 heavy (non-hydrogen) atoms. The number of nitrogens with one attached hydrogen (secondary N) is 1. The van der Waals surface area contributed by atoms with Gasteiger partial charge in [-0.15, -0.1) is 0 Å². The van der Waals surface area contributed by atoms with E-state index in [4.69, 9.17) is 4.42 Å². The lowest BCUT2D eigenvalue weighted by atomic mass is 10.1. The first-order valence-electron chi connectivity index (χ1n) is 7.14. The number of furan rings is 1. The van der Waals surface area contributed by atoms with Gasteiger partial charge in [0.15, 0.2) is 0 Å². The third-order valence-corrected chi connectivity index (χ3v) is 4.09. The molecular weight excluding hydrogens is 254 g/mol. The quantitative estimate of drug-likeness (QED) is 0.895. The summed E-state index contributed by atoms with van der Waals surface area (Å²) in [5, 5.41) is 13.5. The average molecular weight is 273 g/mol. The normalized spacial score (nSPS) is 16.1. The average Bonchev–Trinajstić information content (AvgIpc) is 3.01. The summed E-state index contributed by atoms with van der Waals surface area (Å²) in [6.45, 7) is 2.48. The van der Waals surface area contributed by atoms with Crippen molar-refractivity contribution in [2.24, 2.45) is 0 Å². The molecule has 2 N–H and O–H groups in total. The van der Waals surface area contributed by atoms with Crippen LogP contribution in [0.1, 0.15) is 47.4 Å². The lowest BCUT2D eigenvalue weighted by Gasteiger charge is -2.11. The molecule has 1 saturated carbocycles. The summed E-state index contributed by atoms with van der Waals surface area (Å²) < 4.78 is 5.49. The van der Waals surface area contributed by atoms with Crippen molar-refractivity contribution in [2.75, 3.05) is 0 Å². The Hall–Kier alpha value is -1.81. The Labute approximate surface area is 117 Å². The molecule has 0 radical (unpaired) electrons. The van der Waals surface area contributed by atoms with E-state index in [1.165, 1.54) is 25.7 Å². The molecule has 0 spiro atoms. The van der Waals surface area contributed by atoms with Crippen LogP contribution in [0.15, 0.2) is 22.6 Å². The van der Waals surface area contributed by atoms with E-state index in [2.05, 4.69) is 5.32 Å². The van der Waals surface area contributed by atoms with Crippen molar-refractivity contribution >= 4 is 16.9 Å². The van der Waals surface area contributed by atoms with E-state index in [1.54, 1.807) is 6.92 Å². The molecule has 0 aliphatic heterocycles. The molecule has 0 atom stereocenters. The number of carbonyl (C=O) groups is 1. The van der Waals surface area contributed by atoms with Crippen LogP contribution < -0.4 is 5.32 Å². The summed E-state index contributed by atoms with van der Waals surface area (Å²) in [6, 6.07) is 6.40. The van der Waals surface area contributed by atoms with Gasteiger partial charge in [-0.3, -0.25) is 0 Å². The Bertz CT molecular complexity index is 638. The van der Waals surface area contributed by atoms with Gasteiger partial charge in [-0.2, -0.15) is 0 Å². The van der Waals surface area contributed by atoms with E-state index in [0.717, 1.165) is 12.1 Å². The monoisotopic (exact) mass is 273 g/mol. The van der Waals surface area contributed by atoms with Crippen molar-refractivity contribution in [3.05, 3.63) is 35.1 Å². The van der Waals surface area contributed by atoms with Gasteiger partial charge in [0.2, 0.25) is 0 Å². The Morgan fingerprint density at radius 3 is 2.85 bits per heavy atom. The lowest BCUT2D eigenvalue weighted by molar-refractivity contribution is 0.0697. The number of benzene rings is 1. The molecule has 1 aromatic heterocycles. The Kier molecular flexibility index (Phi) is 3.49. The number of fused-ring (bicyclic) bond motifs is 1. The zero-order valence-corrected chi connectivity index (χ0v) is 11.6. The fourth-order valence-electron chi connectivity index (χ4n) is 3.03. The van der Waals surface area contributed by atoms with Crippen molar-refractivity contribution < 1.29 is 14.3 Å². The highest BCUT2D eigenvalue weighted by molar-refractivity contribution is 6.03. The molecule has 0 saturated heterocycles. The van der Waals surface area contributed by atoms with Gasteiger partial charge in [0.05, 0.1) is 0 Å². The molecule has 106 valence electrons. The van der Waals surface area contributed by atoms with Gasteiger partial charge in [-0.05, 0) is 37.5 Å². The fraction of sp³-hybridized carbons (Fsp3) is 0.438. The highest BCUT2D eigenvalue weighted by Crippen LogP contribution is 2.27. The highest BCUT2D eigenvalue weighted by atomic mass is 16.4. The number of hydrogen-bond acceptors (Lipinski definition) is 3. The Morgan fingerprint density at radius 2 is 2.15 bits per heavy atom. The maximum absolute atomic E-state index is 11.3. The molecular formula is C16H19NO3. The molecule has 1 fully saturated rings. The van der Waals surface area contributed by atoms with Crippen LogP contribution in [0.3, 0.4) is 0 Å². The number of aromatic carboxylic acids is 1. The van der Waals surface area contributed by atoms with Crippen LogP contribution in [-0.2, 0) is 6.54 Å². The first-order valence-corrected chi connectivity index (χ1v) is 7.14. The van der Waals surface area contributed by atoms with Crippen LogP contribution in [0.5, 0.6) is 0 Å². The van der Waals surface area contributed by atoms with Crippen LogP contribution in [0, 0.1) is 6.92 Å². The van der Waals surface area contributed by atoms with E-state index in [9.17, 15) is 9.90 Å². The van der Waals surface area contributed by atoms with Gasteiger partial charge in [0, 0.05) is 18.0 Å². The van der Waals surface area contributed by atoms with Gasteiger partial charge >= 0.3 is 5.97 Å². The number of hydrogen-bond donors (Lipinski definition) is 2. The van der Waals surface area contributed by atoms with E-state index >= 15 is 0 Å². The second-order valence-electron chi connectivity index (χ2n) is 5.53. The number of carboxylic acids is 1. The van der Waals surface area contributed by atoms with Crippen LogP contribution >= 0.6 is 0 Å². The number of rotatable bonds is 4. The van der Waals surface area contributed by atoms with Crippen molar-refractivity contribution in [1.29, 1.82) is 0 Å². The van der Waals surface area contributed by atoms with E-state index < -0.39 is 5.97 Å². The minimum atomic E-state index is -0.929. The first kappa shape index (κ1) is 13.2. The smallest absolute Gasteiger partial charge is 0.339 e. The topological polar surface area (TPSA) is 62.5 Å². The largest absolute Gasteiger partial charge is 0.478 e. The molecule has 1 aliphatic rings. The van der Waals surface area contributed by atoms with E-state index in [1.807, 2.05) is 18.2 Å². The van der Waals surface area contributed by atoms with Crippen molar-refractivity contribution in [3.8, 4) is 0 Å². The van der Waals surface area contributed by atoms with Crippen molar-refractivity contribution in [2.45, 2.75) is 45.2 Å². The van der Waals surface area contributed by atoms with Gasteiger partial charge in [-0.1, -0.05) is 18.9 Å². The predicted octanol–water partition coefficient (Wildman–Crippen LogP) is 3.47. The third kappa shape index (κ3) is 2.43. The Balaban J connectivity index is 1.85. The molecule has 4 heteroatoms. The fourth-order valence-corrected chi connectivity index (χ4v) is 3.03. The minimum absolute atomic E-state index is 0.280. The van der Waals surface area contributed by atoms with E-state index in [0.29, 0.717) is 22.8 Å².